The fourth-order valence-electron chi connectivity index (χ4n) is 1.54. The van der Waals surface area contributed by atoms with E-state index in [1.54, 1.807) is 24.3 Å². The Hall–Kier alpha value is -2.18. The summed E-state index contributed by atoms with van der Waals surface area (Å²) in [7, 11) is 0. The van der Waals surface area contributed by atoms with Crippen LogP contribution >= 0.6 is 23.2 Å². The first kappa shape index (κ1) is 15.2. The topological polar surface area (TPSA) is 84.0 Å². The maximum atomic E-state index is 11.9. The van der Waals surface area contributed by atoms with E-state index in [1.807, 2.05) is 0 Å². The second kappa shape index (κ2) is 6.51. The first-order valence-corrected chi connectivity index (χ1v) is 6.58. The highest BCUT2D eigenvalue weighted by Crippen LogP contribution is 2.25. The van der Waals surface area contributed by atoms with E-state index >= 15 is 0 Å². The summed E-state index contributed by atoms with van der Waals surface area (Å²) in [4.78, 5) is 30.6. The quantitative estimate of drug-likeness (QED) is 0.667. The summed E-state index contributed by atoms with van der Waals surface area (Å²) in [5.41, 5.74) is 1.07. The van der Waals surface area contributed by atoms with Gasteiger partial charge in [-0.25, -0.2) is 14.8 Å². The van der Waals surface area contributed by atoms with Crippen molar-refractivity contribution in [2.24, 2.45) is 0 Å². The van der Waals surface area contributed by atoms with Gasteiger partial charge in [-0.15, -0.1) is 0 Å². The molecule has 21 heavy (non-hydrogen) atoms. The van der Waals surface area contributed by atoms with Crippen molar-refractivity contribution in [1.82, 2.24) is 9.97 Å². The lowest BCUT2D eigenvalue weighted by Crippen LogP contribution is -2.20. The lowest BCUT2D eigenvalue weighted by molar-refractivity contribution is 0.101. The number of urea groups is 1. The number of hydrogen-bond acceptors (Lipinski definition) is 4. The van der Waals surface area contributed by atoms with Gasteiger partial charge in [-0.3, -0.25) is 4.79 Å². The molecule has 0 aliphatic carbocycles. The van der Waals surface area contributed by atoms with E-state index in [2.05, 4.69) is 20.6 Å². The van der Waals surface area contributed by atoms with Gasteiger partial charge >= 0.3 is 6.03 Å². The van der Waals surface area contributed by atoms with Crippen LogP contribution in [-0.4, -0.2) is 21.8 Å². The number of carbonyl (C=O) groups excluding carboxylic acids is 2. The van der Waals surface area contributed by atoms with Gasteiger partial charge in [0.1, 0.15) is 12.0 Å². The molecule has 108 valence electrons. The van der Waals surface area contributed by atoms with Crippen molar-refractivity contribution in [3.05, 3.63) is 46.5 Å². The van der Waals surface area contributed by atoms with Crippen LogP contribution in [0.5, 0.6) is 0 Å². The number of carbonyl (C=O) groups is 2. The van der Waals surface area contributed by atoms with Gasteiger partial charge in [0.15, 0.2) is 16.1 Å². The highest BCUT2D eigenvalue weighted by molar-refractivity contribution is 6.38. The van der Waals surface area contributed by atoms with E-state index in [1.165, 1.54) is 13.3 Å². The number of nitrogens with one attached hydrogen (secondary N) is 2. The number of rotatable bonds is 3. The zero-order chi connectivity index (χ0) is 15.4. The number of Topliss-reactive ketones (excluding diaryl/α,β-unsaturated/α-hetero) is 1. The second-order valence-electron chi connectivity index (χ2n) is 4.05. The minimum absolute atomic E-state index is 0.0302. The first-order chi connectivity index (χ1) is 9.97. The molecule has 0 spiro atoms. The smallest absolute Gasteiger partial charge is 0.308 e. The summed E-state index contributed by atoms with van der Waals surface area (Å²) in [6.45, 7) is 1.44. The fraction of sp³-hybridized carbons (Fsp3) is 0.0769. The number of benzene rings is 1. The summed E-state index contributed by atoms with van der Waals surface area (Å²) in [5, 5.41) is 5.08. The van der Waals surface area contributed by atoms with Crippen LogP contribution in [0.15, 0.2) is 30.6 Å². The van der Waals surface area contributed by atoms with Crippen LogP contribution in [-0.2, 0) is 0 Å². The Balaban J connectivity index is 2.12. The molecule has 1 heterocycles. The predicted octanol–water partition coefficient (Wildman–Crippen LogP) is 3.63. The Morgan fingerprint density at radius 3 is 2.38 bits per heavy atom. The van der Waals surface area contributed by atoms with E-state index in [0.717, 1.165) is 0 Å². The van der Waals surface area contributed by atoms with Crippen molar-refractivity contribution in [1.29, 1.82) is 0 Å². The molecular formula is C13H10Cl2N4O2. The molecule has 1 aromatic carbocycles. The van der Waals surface area contributed by atoms with E-state index < -0.39 is 6.03 Å². The minimum Gasteiger partial charge on any atom is -0.308 e. The minimum atomic E-state index is -0.575. The number of aromatic nitrogens is 2. The summed E-state index contributed by atoms with van der Waals surface area (Å²) in [5.74, 6) is -0.0957. The SMILES string of the molecule is CC(=O)c1cccc(NC(=O)Nc2c(Cl)ncnc2Cl)c1. The lowest BCUT2D eigenvalue weighted by Gasteiger charge is -2.09. The Kier molecular flexibility index (Phi) is 4.72. The third-order valence-corrected chi connectivity index (χ3v) is 3.09. The van der Waals surface area contributed by atoms with Crippen molar-refractivity contribution >= 4 is 46.4 Å². The van der Waals surface area contributed by atoms with E-state index in [-0.39, 0.29) is 21.8 Å². The molecule has 0 aliphatic rings. The number of nitrogens with zero attached hydrogens (tertiary/aromatic N) is 2. The first-order valence-electron chi connectivity index (χ1n) is 5.82. The molecule has 2 N–H and O–H groups in total. The summed E-state index contributed by atoms with van der Waals surface area (Å²) in [6, 6.07) is 5.96. The zero-order valence-corrected chi connectivity index (χ0v) is 12.4. The Labute approximate surface area is 130 Å². The molecule has 2 rings (SSSR count). The third-order valence-electron chi connectivity index (χ3n) is 2.52. The number of anilines is 2. The number of ketones is 1. The second-order valence-corrected chi connectivity index (χ2v) is 4.76. The predicted molar refractivity (Wildman–Crippen MR) is 81.1 cm³/mol. The lowest BCUT2D eigenvalue weighted by atomic mass is 10.1. The van der Waals surface area contributed by atoms with Gasteiger partial charge in [0.2, 0.25) is 0 Å². The third kappa shape index (κ3) is 3.90. The molecule has 2 amide bonds. The highest BCUT2D eigenvalue weighted by atomic mass is 35.5. The number of amides is 2. The van der Waals surface area contributed by atoms with Gasteiger partial charge in [0.05, 0.1) is 0 Å². The maximum Gasteiger partial charge on any atom is 0.323 e. The molecule has 8 heteroatoms. The zero-order valence-electron chi connectivity index (χ0n) is 10.9. The van der Waals surface area contributed by atoms with Crippen LogP contribution in [0.25, 0.3) is 0 Å². The van der Waals surface area contributed by atoms with E-state index in [0.29, 0.717) is 11.3 Å². The summed E-state index contributed by atoms with van der Waals surface area (Å²) >= 11 is 11.6. The number of halogens is 2. The molecule has 2 aromatic rings. The van der Waals surface area contributed by atoms with Crippen LogP contribution < -0.4 is 10.6 Å². The largest absolute Gasteiger partial charge is 0.323 e. The highest BCUT2D eigenvalue weighted by Gasteiger charge is 2.12. The van der Waals surface area contributed by atoms with Gasteiger partial charge in [0, 0.05) is 11.3 Å². The Bertz CT molecular complexity index is 686. The van der Waals surface area contributed by atoms with Crippen LogP contribution in [0, 0.1) is 0 Å². The molecule has 0 atom stereocenters. The monoisotopic (exact) mass is 324 g/mol. The van der Waals surface area contributed by atoms with Gasteiger partial charge in [0.25, 0.3) is 0 Å². The molecule has 0 radical (unpaired) electrons. The molecule has 6 nitrogen and oxygen atoms in total. The van der Waals surface area contributed by atoms with E-state index in [4.69, 9.17) is 23.2 Å². The summed E-state index contributed by atoms with van der Waals surface area (Å²) in [6.07, 6.45) is 1.18. The molecular weight excluding hydrogens is 315 g/mol. The molecule has 0 aliphatic heterocycles. The maximum absolute atomic E-state index is 11.9. The molecule has 0 saturated heterocycles. The van der Waals surface area contributed by atoms with Crippen molar-refractivity contribution in [2.45, 2.75) is 6.92 Å². The standard InChI is InChI=1S/C13H10Cl2N4O2/c1-7(20)8-3-2-4-9(5-8)18-13(21)19-10-11(14)16-6-17-12(10)15/h2-6H,1H3,(H2,18,19,21). The molecule has 0 unspecified atom stereocenters. The van der Waals surface area contributed by atoms with Gasteiger partial charge in [-0.05, 0) is 19.1 Å². The Morgan fingerprint density at radius 1 is 1.10 bits per heavy atom. The van der Waals surface area contributed by atoms with Crippen LogP contribution in [0.1, 0.15) is 17.3 Å². The van der Waals surface area contributed by atoms with Gasteiger partial charge in [-0.1, -0.05) is 35.3 Å². The molecule has 0 saturated carbocycles. The number of hydrogen-bond donors (Lipinski definition) is 2. The van der Waals surface area contributed by atoms with Gasteiger partial charge in [-0.2, -0.15) is 0 Å². The van der Waals surface area contributed by atoms with Crippen molar-refractivity contribution < 1.29 is 9.59 Å². The molecule has 0 bridgehead atoms. The Morgan fingerprint density at radius 2 is 1.76 bits per heavy atom. The van der Waals surface area contributed by atoms with Crippen LogP contribution in [0.2, 0.25) is 10.3 Å². The summed E-state index contributed by atoms with van der Waals surface area (Å²) < 4.78 is 0. The molecule has 1 aromatic heterocycles. The van der Waals surface area contributed by atoms with Gasteiger partial charge < -0.3 is 10.6 Å². The molecule has 0 fully saturated rings. The van der Waals surface area contributed by atoms with Crippen molar-refractivity contribution in [2.75, 3.05) is 10.6 Å². The van der Waals surface area contributed by atoms with Crippen LogP contribution in [0.4, 0.5) is 16.2 Å². The van der Waals surface area contributed by atoms with E-state index in [9.17, 15) is 9.59 Å². The average Bonchev–Trinajstić information content (AvgIpc) is 2.43. The normalized spacial score (nSPS) is 10.0. The average molecular weight is 325 g/mol. The van der Waals surface area contributed by atoms with Crippen molar-refractivity contribution in [3.8, 4) is 0 Å². The van der Waals surface area contributed by atoms with Crippen LogP contribution in [0.3, 0.4) is 0 Å². The fourth-order valence-corrected chi connectivity index (χ4v) is 1.95. The van der Waals surface area contributed by atoms with Crippen molar-refractivity contribution in [3.63, 3.8) is 0 Å².